The number of morpholine rings is 2. The van der Waals surface area contributed by atoms with E-state index >= 15 is 0 Å². The minimum atomic E-state index is 0.0821. The van der Waals surface area contributed by atoms with E-state index in [-0.39, 0.29) is 18.1 Å². The minimum Gasteiger partial charge on any atom is -0.376 e. The van der Waals surface area contributed by atoms with E-state index in [1.807, 2.05) is 6.92 Å². The van der Waals surface area contributed by atoms with Crippen LogP contribution >= 0.6 is 0 Å². The van der Waals surface area contributed by atoms with Gasteiger partial charge in [0.1, 0.15) is 0 Å². The van der Waals surface area contributed by atoms with Crippen molar-refractivity contribution in [3.63, 3.8) is 0 Å². The molecule has 0 aromatic rings. The molecule has 6 nitrogen and oxygen atoms in total. The zero-order valence-electron chi connectivity index (χ0n) is 14.2. The lowest BCUT2D eigenvalue weighted by Crippen LogP contribution is -2.50. The van der Waals surface area contributed by atoms with Gasteiger partial charge in [0.05, 0.1) is 32.0 Å². The Morgan fingerprint density at radius 3 is 2.64 bits per heavy atom. The molecule has 1 N–H and O–H groups in total. The van der Waals surface area contributed by atoms with Gasteiger partial charge < -0.3 is 14.8 Å². The van der Waals surface area contributed by atoms with Crippen LogP contribution in [0.2, 0.25) is 0 Å². The van der Waals surface area contributed by atoms with E-state index in [2.05, 4.69) is 29.0 Å². The highest BCUT2D eigenvalue weighted by Crippen LogP contribution is 2.07. The Hall–Kier alpha value is -0.690. The van der Waals surface area contributed by atoms with E-state index in [9.17, 15) is 4.79 Å². The lowest BCUT2D eigenvalue weighted by Gasteiger charge is -2.34. The molecule has 0 saturated carbocycles. The van der Waals surface area contributed by atoms with Gasteiger partial charge in [-0.25, -0.2) is 0 Å². The van der Waals surface area contributed by atoms with Crippen molar-refractivity contribution in [2.75, 3.05) is 59.0 Å². The van der Waals surface area contributed by atoms with E-state index < -0.39 is 0 Å². The number of amides is 1. The molecule has 128 valence electrons. The molecule has 2 saturated heterocycles. The van der Waals surface area contributed by atoms with Gasteiger partial charge in [0, 0.05) is 39.3 Å². The molecule has 2 fully saturated rings. The fourth-order valence-electron chi connectivity index (χ4n) is 3.11. The number of carbonyl (C=O) groups excluding carboxylic acids is 1. The predicted octanol–water partition coefficient (Wildman–Crippen LogP) is 0.180. The Morgan fingerprint density at radius 1 is 1.18 bits per heavy atom. The van der Waals surface area contributed by atoms with Crippen LogP contribution in [0.5, 0.6) is 0 Å². The highest BCUT2D eigenvalue weighted by atomic mass is 16.5. The van der Waals surface area contributed by atoms with Crippen molar-refractivity contribution in [3.8, 4) is 0 Å². The average molecular weight is 313 g/mol. The highest BCUT2D eigenvalue weighted by Gasteiger charge is 2.23. The predicted molar refractivity (Wildman–Crippen MR) is 85.9 cm³/mol. The first-order chi connectivity index (χ1) is 10.5. The van der Waals surface area contributed by atoms with E-state index in [1.165, 1.54) is 0 Å². The molecule has 2 atom stereocenters. The number of nitrogens with zero attached hydrogens (tertiary/aromatic N) is 2. The van der Waals surface area contributed by atoms with Crippen molar-refractivity contribution in [1.82, 2.24) is 15.1 Å². The summed E-state index contributed by atoms with van der Waals surface area (Å²) in [5, 5.41) is 3.02. The van der Waals surface area contributed by atoms with Gasteiger partial charge in [-0.2, -0.15) is 0 Å². The zero-order valence-corrected chi connectivity index (χ0v) is 14.2. The maximum atomic E-state index is 12.1. The average Bonchev–Trinajstić information content (AvgIpc) is 2.45. The molecule has 2 heterocycles. The summed E-state index contributed by atoms with van der Waals surface area (Å²) in [6.45, 7) is 13.7. The van der Waals surface area contributed by atoms with Gasteiger partial charge in [-0.1, -0.05) is 13.8 Å². The normalized spacial score (nSPS) is 28.0. The molecule has 0 aromatic carbocycles. The Kier molecular flexibility index (Phi) is 7.08. The van der Waals surface area contributed by atoms with Gasteiger partial charge in [-0.15, -0.1) is 0 Å². The van der Waals surface area contributed by atoms with Gasteiger partial charge in [-0.05, 0) is 12.8 Å². The molecule has 2 rings (SSSR count). The molecule has 2 aliphatic rings. The van der Waals surface area contributed by atoms with Crippen LogP contribution in [-0.4, -0.2) is 86.9 Å². The van der Waals surface area contributed by atoms with E-state index in [0.717, 1.165) is 39.3 Å². The van der Waals surface area contributed by atoms with Gasteiger partial charge in [-0.3, -0.25) is 14.6 Å². The summed E-state index contributed by atoms with van der Waals surface area (Å²) >= 11 is 0. The maximum absolute atomic E-state index is 12.1. The molecule has 0 radical (unpaired) electrons. The Bertz CT molecular complexity index is 352. The second kappa shape index (κ2) is 8.82. The second-order valence-electron chi connectivity index (χ2n) is 6.87. The number of ether oxygens (including phenoxy) is 2. The Balaban J connectivity index is 1.65. The van der Waals surface area contributed by atoms with Crippen LogP contribution in [0.3, 0.4) is 0 Å². The Labute approximate surface area is 134 Å². The van der Waals surface area contributed by atoms with Gasteiger partial charge in [0.2, 0.25) is 5.91 Å². The maximum Gasteiger partial charge on any atom is 0.234 e. The van der Waals surface area contributed by atoms with Crippen molar-refractivity contribution < 1.29 is 14.3 Å². The number of rotatable bonds is 6. The van der Waals surface area contributed by atoms with Gasteiger partial charge in [0.25, 0.3) is 0 Å². The summed E-state index contributed by atoms with van der Waals surface area (Å²) < 4.78 is 11.2. The molecule has 1 amide bonds. The third-order valence-corrected chi connectivity index (χ3v) is 4.07. The first-order valence-electron chi connectivity index (χ1n) is 8.47. The first kappa shape index (κ1) is 17.7. The molecule has 0 aromatic heterocycles. The van der Waals surface area contributed by atoms with Crippen molar-refractivity contribution in [1.29, 1.82) is 0 Å². The van der Waals surface area contributed by atoms with E-state index in [4.69, 9.17) is 9.47 Å². The van der Waals surface area contributed by atoms with E-state index in [1.54, 1.807) is 0 Å². The standard InChI is InChI=1S/C16H31N3O3/c1-13(2)9-18-5-7-22-15(11-18)8-17-16(20)12-19-4-6-21-14(3)10-19/h13-15H,4-12H2,1-3H3,(H,17,20). The summed E-state index contributed by atoms with van der Waals surface area (Å²) in [7, 11) is 0. The molecule has 0 aliphatic carbocycles. The van der Waals surface area contributed by atoms with Gasteiger partial charge in [0.15, 0.2) is 0 Å². The minimum absolute atomic E-state index is 0.0821. The van der Waals surface area contributed by atoms with E-state index in [0.29, 0.717) is 25.6 Å². The number of carbonyl (C=O) groups is 1. The topological polar surface area (TPSA) is 54.0 Å². The van der Waals surface area contributed by atoms with Crippen LogP contribution in [0.4, 0.5) is 0 Å². The zero-order chi connectivity index (χ0) is 15.9. The van der Waals surface area contributed by atoms with Crippen LogP contribution in [-0.2, 0) is 14.3 Å². The van der Waals surface area contributed by atoms with Crippen LogP contribution in [0, 0.1) is 5.92 Å². The molecule has 22 heavy (non-hydrogen) atoms. The van der Waals surface area contributed by atoms with Crippen LogP contribution in [0.25, 0.3) is 0 Å². The highest BCUT2D eigenvalue weighted by molar-refractivity contribution is 5.78. The number of hydrogen-bond donors (Lipinski definition) is 1. The van der Waals surface area contributed by atoms with Crippen molar-refractivity contribution in [2.24, 2.45) is 5.92 Å². The molecule has 2 unspecified atom stereocenters. The van der Waals surface area contributed by atoms with Crippen LogP contribution < -0.4 is 5.32 Å². The summed E-state index contributed by atoms with van der Waals surface area (Å²) in [4.78, 5) is 16.6. The lowest BCUT2D eigenvalue weighted by atomic mass is 10.2. The largest absolute Gasteiger partial charge is 0.376 e. The van der Waals surface area contributed by atoms with Crippen LogP contribution in [0.1, 0.15) is 20.8 Å². The third kappa shape index (κ3) is 6.20. The smallest absolute Gasteiger partial charge is 0.234 e. The summed E-state index contributed by atoms with van der Waals surface area (Å²) in [6.07, 6.45) is 0.327. The summed E-state index contributed by atoms with van der Waals surface area (Å²) in [5.41, 5.74) is 0. The van der Waals surface area contributed by atoms with Crippen molar-refractivity contribution >= 4 is 5.91 Å². The number of hydrogen-bond acceptors (Lipinski definition) is 5. The second-order valence-corrected chi connectivity index (χ2v) is 6.87. The van der Waals surface area contributed by atoms with Gasteiger partial charge >= 0.3 is 0 Å². The summed E-state index contributed by atoms with van der Waals surface area (Å²) in [5.74, 6) is 0.746. The molecule has 6 heteroatoms. The Morgan fingerprint density at radius 2 is 1.91 bits per heavy atom. The van der Waals surface area contributed by atoms with Crippen molar-refractivity contribution in [2.45, 2.75) is 33.0 Å². The molecule has 0 bridgehead atoms. The third-order valence-electron chi connectivity index (χ3n) is 4.07. The SMILES string of the molecule is CC(C)CN1CCOC(CNC(=O)CN2CCOC(C)C2)C1. The monoisotopic (exact) mass is 313 g/mol. The number of nitrogens with one attached hydrogen (secondary N) is 1. The molecular weight excluding hydrogens is 282 g/mol. The first-order valence-corrected chi connectivity index (χ1v) is 8.47. The molecule has 2 aliphatic heterocycles. The lowest BCUT2D eigenvalue weighted by molar-refractivity contribution is -0.125. The fraction of sp³-hybridized carbons (Fsp3) is 0.938. The fourth-order valence-corrected chi connectivity index (χ4v) is 3.11. The van der Waals surface area contributed by atoms with Crippen molar-refractivity contribution in [3.05, 3.63) is 0 Å². The van der Waals surface area contributed by atoms with Crippen LogP contribution in [0.15, 0.2) is 0 Å². The summed E-state index contributed by atoms with van der Waals surface area (Å²) in [6, 6.07) is 0. The molecule has 0 spiro atoms. The molecular formula is C16H31N3O3. The quantitative estimate of drug-likeness (QED) is 0.758.